The molecule has 2 fully saturated rings. The number of aliphatic hydroxyl groups is 1. The van der Waals surface area contributed by atoms with Crippen LogP contribution in [0.2, 0.25) is 0 Å². The van der Waals surface area contributed by atoms with E-state index in [9.17, 15) is 5.11 Å². The number of hydrogen-bond donors (Lipinski definition) is 1. The molecule has 0 saturated carbocycles. The van der Waals surface area contributed by atoms with Crippen molar-refractivity contribution in [3.8, 4) is 0 Å². The van der Waals surface area contributed by atoms with E-state index in [1.807, 2.05) is 0 Å². The summed E-state index contributed by atoms with van der Waals surface area (Å²) in [6, 6.07) is 0. The van der Waals surface area contributed by atoms with Gasteiger partial charge in [0.1, 0.15) is 0 Å². The Bertz CT molecular complexity index is 285. The molecule has 0 aromatic carbocycles. The first kappa shape index (κ1) is 13.3. The summed E-state index contributed by atoms with van der Waals surface area (Å²) in [5.41, 5.74) is -0.411. The highest BCUT2D eigenvalue weighted by molar-refractivity contribution is 5.00. The quantitative estimate of drug-likeness (QED) is 0.808. The number of ether oxygens (including phenoxy) is 2. The van der Waals surface area contributed by atoms with Crippen LogP contribution in [0.25, 0.3) is 0 Å². The Morgan fingerprint density at radius 2 is 1.88 bits per heavy atom. The third-order valence-corrected chi connectivity index (χ3v) is 4.34. The molecule has 1 N–H and O–H groups in total. The van der Waals surface area contributed by atoms with Gasteiger partial charge in [0.05, 0.1) is 23.4 Å². The second kappa shape index (κ2) is 4.22. The lowest BCUT2D eigenvalue weighted by atomic mass is 9.79. The van der Waals surface area contributed by atoms with E-state index < -0.39 is 6.10 Å². The van der Waals surface area contributed by atoms with Crippen LogP contribution in [0.3, 0.4) is 0 Å². The molecule has 0 aliphatic carbocycles. The number of rotatable bonds is 2. The summed E-state index contributed by atoms with van der Waals surface area (Å²) in [6.45, 7) is 11.3. The van der Waals surface area contributed by atoms with Gasteiger partial charge in [-0.15, -0.1) is 0 Å². The molecular formula is C14H26O3. The monoisotopic (exact) mass is 242 g/mol. The zero-order valence-corrected chi connectivity index (χ0v) is 11.7. The third-order valence-electron chi connectivity index (χ3n) is 4.34. The van der Waals surface area contributed by atoms with Crippen LogP contribution in [-0.4, -0.2) is 35.1 Å². The SMILES string of the molecule is CC1CCOC1C(O)C1CC(C)(C)OC1(C)C. The van der Waals surface area contributed by atoms with E-state index in [4.69, 9.17) is 9.47 Å². The first-order chi connectivity index (χ1) is 7.73. The van der Waals surface area contributed by atoms with E-state index in [0.29, 0.717) is 5.92 Å². The van der Waals surface area contributed by atoms with E-state index >= 15 is 0 Å². The molecular weight excluding hydrogens is 216 g/mol. The van der Waals surface area contributed by atoms with Crippen molar-refractivity contribution in [2.75, 3.05) is 6.61 Å². The number of aliphatic hydroxyl groups excluding tert-OH is 1. The molecule has 2 aliphatic rings. The van der Waals surface area contributed by atoms with Crippen molar-refractivity contribution in [1.82, 2.24) is 0 Å². The van der Waals surface area contributed by atoms with E-state index in [-0.39, 0.29) is 23.2 Å². The van der Waals surface area contributed by atoms with Gasteiger partial charge in [0.25, 0.3) is 0 Å². The molecule has 0 spiro atoms. The summed E-state index contributed by atoms with van der Waals surface area (Å²) in [7, 11) is 0. The Balaban J connectivity index is 2.11. The van der Waals surface area contributed by atoms with Crippen LogP contribution in [0.1, 0.15) is 47.5 Å². The predicted molar refractivity (Wildman–Crippen MR) is 66.9 cm³/mol. The second-order valence-electron chi connectivity index (χ2n) is 6.87. The lowest BCUT2D eigenvalue weighted by molar-refractivity contribution is -0.110. The Morgan fingerprint density at radius 1 is 1.24 bits per heavy atom. The maximum Gasteiger partial charge on any atom is 0.0864 e. The molecule has 0 bridgehead atoms. The third kappa shape index (κ3) is 2.51. The highest BCUT2D eigenvalue weighted by Crippen LogP contribution is 2.45. The molecule has 100 valence electrons. The van der Waals surface area contributed by atoms with Crippen LogP contribution in [0, 0.1) is 11.8 Å². The average Bonchev–Trinajstić information content (AvgIpc) is 2.66. The molecule has 17 heavy (non-hydrogen) atoms. The highest BCUT2D eigenvalue weighted by atomic mass is 16.5. The van der Waals surface area contributed by atoms with Crippen molar-refractivity contribution in [1.29, 1.82) is 0 Å². The molecule has 3 heteroatoms. The van der Waals surface area contributed by atoms with Gasteiger partial charge < -0.3 is 14.6 Å². The van der Waals surface area contributed by atoms with Crippen LogP contribution >= 0.6 is 0 Å². The molecule has 0 amide bonds. The fourth-order valence-electron chi connectivity index (χ4n) is 3.52. The maximum absolute atomic E-state index is 10.6. The van der Waals surface area contributed by atoms with Gasteiger partial charge in [-0.05, 0) is 46.5 Å². The first-order valence-electron chi connectivity index (χ1n) is 6.73. The van der Waals surface area contributed by atoms with Crippen molar-refractivity contribution in [3.05, 3.63) is 0 Å². The summed E-state index contributed by atoms with van der Waals surface area (Å²) in [5, 5.41) is 10.6. The van der Waals surface area contributed by atoms with Crippen molar-refractivity contribution < 1.29 is 14.6 Å². The van der Waals surface area contributed by atoms with Crippen LogP contribution in [0.4, 0.5) is 0 Å². The van der Waals surface area contributed by atoms with E-state index in [0.717, 1.165) is 19.4 Å². The van der Waals surface area contributed by atoms with E-state index in [1.54, 1.807) is 0 Å². The van der Waals surface area contributed by atoms with Gasteiger partial charge in [0, 0.05) is 12.5 Å². The predicted octanol–water partition coefficient (Wildman–Crippen LogP) is 2.37. The number of hydrogen-bond acceptors (Lipinski definition) is 3. The summed E-state index contributed by atoms with van der Waals surface area (Å²) in [4.78, 5) is 0. The Morgan fingerprint density at radius 3 is 2.29 bits per heavy atom. The van der Waals surface area contributed by atoms with Crippen molar-refractivity contribution in [2.45, 2.75) is 70.9 Å². The first-order valence-corrected chi connectivity index (χ1v) is 6.73. The topological polar surface area (TPSA) is 38.7 Å². The molecule has 2 heterocycles. The van der Waals surface area contributed by atoms with Crippen molar-refractivity contribution >= 4 is 0 Å². The van der Waals surface area contributed by atoms with Crippen molar-refractivity contribution in [3.63, 3.8) is 0 Å². The minimum absolute atomic E-state index is 0.0169. The lowest BCUT2D eigenvalue weighted by Crippen LogP contribution is -2.44. The molecule has 0 radical (unpaired) electrons. The molecule has 2 saturated heterocycles. The smallest absolute Gasteiger partial charge is 0.0864 e. The molecule has 2 rings (SSSR count). The summed E-state index contributed by atoms with van der Waals surface area (Å²) >= 11 is 0. The zero-order valence-electron chi connectivity index (χ0n) is 11.7. The minimum Gasteiger partial charge on any atom is -0.390 e. The largest absolute Gasteiger partial charge is 0.390 e. The molecule has 4 atom stereocenters. The van der Waals surface area contributed by atoms with Gasteiger partial charge >= 0.3 is 0 Å². The second-order valence-corrected chi connectivity index (χ2v) is 6.87. The molecule has 3 nitrogen and oxygen atoms in total. The normalized spacial score (nSPS) is 41.6. The zero-order chi connectivity index (χ0) is 12.8. The molecule has 2 aliphatic heterocycles. The maximum atomic E-state index is 10.6. The Labute approximate surface area is 104 Å². The van der Waals surface area contributed by atoms with Gasteiger partial charge in [-0.25, -0.2) is 0 Å². The van der Waals surface area contributed by atoms with Gasteiger partial charge in [0.2, 0.25) is 0 Å². The van der Waals surface area contributed by atoms with Crippen LogP contribution in [-0.2, 0) is 9.47 Å². The molecule has 0 aromatic heterocycles. The van der Waals surface area contributed by atoms with Crippen molar-refractivity contribution in [2.24, 2.45) is 11.8 Å². The van der Waals surface area contributed by atoms with Gasteiger partial charge in [0.15, 0.2) is 0 Å². The highest BCUT2D eigenvalue weighted by Gasteiger charge is 2.51. The summed E-state index contributed by atoms with van der Waals surface area (Å²) < 4.78 is 11.7. The van der Waals surface area contributed by atoms with Crippen LogP contribution in [0.5, 0.6) is 0 Å². The average molecular weight is 242 g/mol. The minimum atomic E-state index is -0.413. The van der Waals surface area contributed by atoms with Crippen LogP contribution < -0.4 is 0 Å². The van der Waals surface area contributed by atoms with Crippen LogP contribution in [0.15, 0.2) is 0 Å². The fourth-order valence-corrected chi connectivity index (χ4v) is 3.52. The molecule has 4 unspecified atom stereocenters. The van der Waals surface area contributed by atoms with E-state index in [1.165, 1.54) is 0 Å². The van der Waals surface area contributed by atoms with Gasteiger partial charge in [-0.2, -0.15) is 0 Å². The van der Waals surface area contributed by atoms with Gasteiger partial charge in [-0.1, -0.05) is 6.92 Å². The standard InChI is InChI=1S/C14H26O3/c1-9-6-7-16-12(9)11(15)10-8-13(2,3)17-14(10,4)5/h9-12,15H,6-8H2,1-5H3. The Hall–Kier alpha value is -0.120. The summed E-state index contributed by atoms with van der Waals surface area (Å²) in [6.07, 6.45) is 1.52. The fraction of sp³-hybridized carbons (Fsp3) is 1.00. The summed E-state index contributed by atoms with van der Waals surface area (Å²) in [5.74, 6) is 0.604. The molecule has 0 aromatic rings. The Kier molecular flexibility index (Phi) is 3.30. The lowest BCUT2D eigenvalue weighted by Gasteiger charge is -2.33. The van der Waals surface area contributed by atoms with Gasteiger partial charge in [-0.3, -0.25) is 0 Å². The van der Waals surface area contributed by atoms with E-state index in [2.05, 4.69) is 34.6 Å².